The molecule has 0 heterocycles. The van der Waals surface area contributed by atoms with Crippen LogP contribution in [-0.2, 0) is 4.79 Å². The first-order valence-corrected chi connectivity index (χ1v) is 9.08. The molecular formula is C14H24Br2N2O. The average Bonchev–Trinajstić information content (AvgIpc) is 2.37. The van der Waals surface area contributed by atoms with E-state index in [9.17, 15) is 4.79 Å². The molecule has 0 aromatic heterocycles. The number of carbonyl (C=O) groups excluding carboxylic acids is 1. The van der Waals surface area contributed by atoms with Crippen molar-refractivity contribution < 1.29 is 4.79 Å². The molecule has 0 spiro atoms. The van der Waals surface area contributed by atoms with E-state index >= 15 is 0 Å². The highest BCUT2D eigenvalue weighted by atomic mass is 79.9. The van der Waals surface area contributed by atoms with Crippen molar-refractivity contribution in [2.45, 2.75) is 51.7 Å². The molecule has 5 heteroatoms. The third kappa shape index (κ3) is 5.96. The van der Waals surface area contributed by atoms with E-state index in [1.54, 1.807) is 0 Å². The first-order valence-electron chi connectivity index (χ1n) is 6.84. The molecule has 1 amide bonds. The second kappa shape index (κ2) is 8.42. The molecule has 0 aromatic rings. The van der Waals surface area contributed by atoms with E-state index < -0.39 is 0 Å². The highest BCUT2D eigenvalue weighted by Gasteiger charge is 2.24. The van der Waals surface area contributed by atoms with Crippen LogP contribution in [0.25, 0.3) is 0 Å². The second-order valence-electron chi connectivity index (χ2n) is 5.58. The van der Waals surface area contributed by atoms with E-state index in [2.05, 4.69) is 48.6 Å². The van der Waals surface area contributed by atoms with Gasteiger partial charge in [0.1, 0.15) is 0 Å². The van der Waals surface area contributed by atoms with Gasteiger partial charge in [0.15, 0.2) is 0 Å². The molecule has 3 atom stereocenters. The van der Waals surface area contributed by atoms with Gasteiger partial charge in [0, 0.05) is 22.7 Å². The Kier molecular flexibility index (Phi) is 7.62. The maximum absolute atomic E-state index is 12.1. The lowest BCUT2D eigenvalue weighted by Gasteiger charge is -2.29. The van der Waals surface area contributed by atoms with Crippen molar-refractivity contribution in [2.24, 2.45) is 5.92 Å². The van der Waals surface area contributed by atoms with Gasteiger partial charge in [0.25, 0.3) is 0 Å². The highest BCUT2D eigenvalue weighted by molar-refractivity contribution is 9.09. The molecular weight excluding hydrogens is 372 g/mol. The quantitative estimate of drug-likeness (QED) is 0.536. The fourth-order valence-corrected chi connectivity index (χ4v) is 3.34. The molecule has 0 saturated heterocycles. The summed E-state index contributed by atoms with van der Waals surface area (Å²) in [5.74, 6) is 0.690. The van der Waals surface area contributed by atoms with Crippen LogP contribution in [-0.4, -0.2) is 34.7 Å². The average molecular weight is 396 g/mol. The zero-order valence-corrected chi connectivity index (χ0v) is 15.1. The Morgan fingerprint density at radius 1 is 1.42 bits per heavy atom. The number of hydrogen-bond acceptors (Lipinski definition) is 2. The second-order valence-corrected chi connectivity index (χ2v) is 6.79. The van der Waals surface area contributed by atoms with Crippen LogP contribution >= 0.6 is 31.9 Å². The Bertz CT molecular complexity index is 331. The summed E-state index contributed by atoms with van der Waals surface area (Å²) >= 11 is 7.07. The number of carbonyl (C=O) groups is 1. The zero-order valence-electron chi connectivity index (χ0n) is 11.9. The van der Waals surface area contributed by atoms with Crippen molar-refractivity contribution in [1.82, 2.24) is 10.6 Å². The molecule has 19 heavy (non-hydrogen) atoms. The van der Waals surface area contributed by atoms with Crippen molar-refractivity contribution in [3.63, 3.8) is 0 Å². The minimum atomic E-state index is -0.148. The number of nitrogens with one attached hydrogen (secondary N) is 2. The Balaban J connectivity index is 2.57. The standard InChI is InChI=1S/C14H24Br2N2O/c1-9(2)17-10(3)14(19)18-13-5-11(7-15)4-12(6-13)8-16/h5,9-10,12-13,17H,4,6-8H2,1-3H3,(H,18,19)/t10-,12-,13+/m0/s1. The Morgan fingerprint density at radius 3 is 2.63 bits per heavy atom. The van der Waals surface area contributed by atoms with Gasteiger partial charge in [-0.05, 0) is 25.7 Å². The summed E-state index contributed by atoms with van der Waals surface area (Å²) in [6, 6.07) is 0.328. The summed E-state index contributed by atoms with van der Waals surface area (Å²) in [6.07, 6.45) is 4.33. The van der Waals surface area contributed by atoms with E-state index in [4.69, 9.17) is 0 Å². The molecule has 0 aliphatic heterocycles. The van der Waals surface area contributed by atoms with Crippen molar-refractivity contribution in [3.8, 4) is 0 Å². The highest BCUT2D eigenvalue weighted by Crippen LogP contribution is 2.27. The summed E-state index contributed by atoms with van der Waals surface area (Å²) in [5, 5.41) is 8.25. The predicted molar refractivity (Wildman–Crippen MR) is 88.1 cm³/mol. The van der Waals surface area contributed by atoms with Gasteiger partial charge in [-0.2, -0.15) is 0 Å². The van der Waals surface area contributed by atoms with E-state index in [0.29, 0.717) is 12.0 Å². The van der Waals surface area contributed by atoms with Crippen molar-refractivity contribution in [3.05, 3.63) is 11.6 Å². The van der Waals surface area contributed by atoms with Gasteiger partial charge in [-0.15, -0.1) is 0 Å². The maximum atomic E-state index is 12.1. The van der Waals surface area contributed by atoms with Gasteiger partial charge in [0.05, 0.1) is 6.04 Å². The Morgan fingerprint density at radius 2 is 2.11 bits per heavy atom. The number of allylic oxidation sites excluding steroid dienone is 1. The SMILES string of the molecule is CC(C)N[C@@H](C)C(=O)N[C@@H]1C=C(CBr)C[C@H](CBr)C1. The molecule has 3 nitrogen and oxygen atoms in total. The number of halogens is 2. The number of rotatable bonds is 6. The molecule has 0 aromatic carbocycles. The normalized spacial score (nSPS) is 25.1. The molecule has 1 aliphatic carbocycles. The molecule has 0 fully saturated rings. The largest absolute Gasteiger partial charge is 0.349 e. The third-order valence-electron chi connectivity index (χ3n) is 3.27. The van der Waals surface area contributed by atoms with E-state index in [1.807, 2.05) is 20.8 Å². The van der Waals surface area contributed by atoms with Crippen molar-refractivity contribution in [2.75, 3.05) is 10.7 Å². The molecule has 0 radical (unpaired) electrons. The fourth-order valence-electron chi connectivity index (χ4n) is 2.43. The van der Waals surface area contributed by atoms with E-state index in [1.165, 1.54) is 5.57 Å². The van der Waals surface area contributed by atoms with Crippen LogP contribution in [0.3, 0.4) is 0 Å². The van der Waals surface area contributed by atoms with Crippen LogP contribution in [0.4, 0.5) is 0 Å². The molecule has 0 bridgehead atoms. The topological polar surface area (TPSA) is 41.1 Å². The fraction of sp³-hybridized carbons (Fsp3) is 0.786. The first kappa shape index (κ1) is 17.2. The van der Waals surface area contributed by atoms with Gasteiger partial charge < -0.3 is 10.6 Å². The maximum Gasteiger partial charge on any atom is 0.237 e. The van der Waals surface area contributed by atoms with Crippen LogP contribution in [0.5, 0.6) is 0 Å². The Labute approximate surface area is 133 Å². The van der Waals surface area contributed by atoms with Crippen LogP contribution < -0.4 is 10.6 Å². The number of alkyl halides is 2. The van der Waals surface area contributed by atoms with Crippen LogP contribution in [0.2, 0.25) is 0 Å². The monoisotopic (exact) mass is 394 g/mol. The Hall–Kier alpha value is 0.130. The lowest BCUT2D eigenvalue weighted by Crippen LogP contribution is -2.48. The summed E-state index contributed by atoms with van der Waals surface area (Å²) < 4.78 is 0. The van der Waals surface area contributed by atoms with Crippen LogP contribution in [0, 0.1) is 5.92 Å². The van der Waals surface area contributed by atoms with E-state index in [-0.39, 0.29) is 18.0 Å². The van der Waals surface area contributed by atoms with Crippen molar-refractivity contribution in [1.29, 1.82) is 0 Å². The minimum Gasteiger partial charge on any atom is -0.349 e. The molecule has 1 rings (SSSR count). The van der Waals surface area contributed by atoms with Crippen LogP contribution in [0.1, 0.15) is 33.6 Å². The molecule has 0 saturated carbocycles. The van der Waals surface area contributed by atoms with E-state index in [0.717, 1.165) is 23.5 Å². The van der Waals surface area contributed by atoms with Gasteiger partial charge in [0.2, 0.25) is 5.91 Å². The zero-order chi connectivity index (χ0) is 14.4. The number of amides is 1. The first-order chi connectivity index (χ1) is 8.96. The summed E-state index contributed by atoms with van der Waals surface area (Å²) in [7, 11) is 0. The molecule has 0 unspecified atom stereocenters. The lowest BCUT2D eigenvalue weighted by atomic mass is 9.88. The molecule has 2 N–H and O–H groups in total. The summed E-state index contributed by atoms with van der Waals surface area (Å²) in [5.41, 5.74) is 1.38. The summed E-state index contributed by atoms with van der Waals surface area (Å²) in [6.45, 7) is 6.01. The van der Waals surface area contributed by atoms with Gasteiger partial charge in [-0.25, -0.2) is 0 Å². The summed E-state index contributed by atoms with van der Waals surface area (Å²) in [4.78, 5) is 12.1. The smallest absolute Gasteiger partial charge is 0.237 e. The molecule has 110 valence electrons. The van der Waals surface area contributed by atoms with Gasteiger partial charge >= 0.3 is 0 Å². The van der Waals surface area contributed by atoms with Crippen LogP contribution in [0.15, 0.2) is 11.6 Å². The number of hydrogen-bond donors (Lipinski definition) is 2. The third-order valence-corrected chi connectivity index (χ3v) is 4.91. The lowest BCUT2D eigenvalue weighted by molar-refractivity contribution is -0.123. The van der Waals surface area contributed by atoms with Gasteiger partial charge in [-0.3, -0.25) is 4.79 Å². The van der Waals surface area contributed by atoms with Gasteiger partial charge in [-0.1, -0.05) is 57.4 Å². The predicted octanol–water partition coefficient (Wildman–Crippen LogP) is 2.98. The molecule has 1 aliphatic rings. The minimum absolute atomic E-state index is 0.0825. The van der Waals surface area contributed by atoms with Crippen molar-refractivity contribution >= 4 is 37.8 Å².